The van der Waals surface area contributed by atoms with Crippen LogP contribution >= 0.6 is 0 Å². The smallest absolute Gasteiger partial charge is 0.164 e. The van der Waals surface area contributed by atoms with E-state index in [0.717, 1.165) is 5.56 Å². The predicted octanol–water partition coefficient (Wildman–Crippen LogP) is 2.29. The Balaban J connectivity index is 3.22. The van der Waals surface area contributed by atoms with E-state index < -0.39 is 0 Å². The average molecular weight is 237 g/mol. The molecule has 17 heavy (non-hydrogen) atoms. The van der Waals surface area contributed by atoms with E-state index in [1.165, 1.54) is 0 Å². The summed E-state index contributed by atoms with van der Waals surface area (Å²) in [6, 6.07) is 3.45. The third kappa shape index (κ3) is 2.91. The second-order valence-electron chi connectivity index (χ2n) is 3.58. The van der Waals surface area contributed by atoms with Crippen molar-refractivity contribution in [2.75, 3.05) is 21.3 Å². The summed E-state index contributed by atoms with van der Waals surface area (Å²) in [6.45, 7) is 3.68. The minimum absolute atomic E-state index is 0.165. The second-order valence-corrected chi connectivity index (χ2v) is 3.58. The summed E-state index contributed by atoms with van der Waals surface area (Å²) in [4.78, 5) is 0. The molecule has 1 aromatic carbocycles. The van der Waals surface area contributed by atoms with Crippen molar-refractivity contribution in [2.24, 2.45) is 5.73 Å². The molecule has 1 rings (SSSR count). The van der Waals surface area contributed by atoms with Crippen molar-refractivity contribution < 1.29 is 14.2 Å². The first kappa shape index (κ1) is 13.4. The van der Waals surface area contributed by atoms with E-state index in [0.29, 0.717) is 23.7 Å². The molecule has 0 heterocycles. The molecule has 2 N–H and O–H groups in total. The highest BCUT2D eigenvalue weighted by Gasteiger charge is 2.16. The molecule has 4 nitrogen and oxygen atoms in total. The Bertz CT molecular complexity index is 390. The Kier molecular flexibility index (Phi) is 4.84. The highest BCUT2D eigenvalue weighted by Crippen LogP contribution is 2.37. The molecule has 0 aliphatic heterocycles. The molecule has 0 unspecified atom stereocenters. The van der Waals surface area contributed by atoms with Crippen LogP contribution in [0.5, 0.6) is 17.2 Å². The van der Waals surface area contributed by atoms with Crippen molar-refractivity contribution in [3.63, 3.8) is 0 Å². The van der Waals surface area contributed by atoms with Crippen LogP contribution in [0.25, 0.3) is 0 Å². The number of benzene rings is 1. The molecule has 0 fully saturated rings. The summed E-state index contributed by atoms with van der Waals surface area (Å²) >= 11 is 0. The summed E-state index contributed by atoms with van der Waals surface area (Å²) in [7, 11) is 4.78. The number of nitrogens with two attached hydrogens (primary N) is 1. The molecular formula is C13H19NO3. The van der Waals surface area contributed by atoms with Gasteiger partial charge in [0, 0.05) is 17.7 Å². The Hall–Kier alpha value is -1.68. The van der Waals surface area contributed by atoms with E-state index in [1.807, 2.05) is 6.07 Å². The average Bonchev–Trinajstić information content (AvgIpc) is 2.37. The fourth-order valence-electron chi connectivity index (χ4n) is 1.65. The molecule has 94 valence electrons. The lowest BCUT2D eigenvalue weighted by Gasteiger charge is -2.17. The molecule has 0 aliphatic carbocycles. The van der Waals surface area contributed by atoms with Gasteiger partial charge in [-0.25, -0.2) is 0 Å². The standard InChI is InChI=1S/C13H19NO3/c1-5-6-10(14)9-7-12(16-3)13(17-4)8-11(9)15-2/h5,7-8,10H,1,6,14H2,2-4H3/t10-/m1/s1. The fraction of sp³-hybridized carbons (Fsp3) is 0.385. The van der Waals surface area contributed by atoms with Gasteiger partial charge in [0.1, 0.15) is 5.75 Å². The van der Waals surface area contributed by atoms with Crippen LogP contribution in [0, 0.1) is 0 Å². The lowest BCUT2D eigenvalue weighted by Crippen LogP contribution is -2.11. The van der Waals surface area contributed by atoms with Gasteiger partial charge in [0.05, 0.1) is 21.3 Å². The van der Waals surface area contributed by atoms with Gasteiger partial charge in [-0.05, 0) is 12.5 Å². The van der Waals surface area contributed by atoms with Crippen molar-refractivity contribution in [3.8, 4) is 17.2 Å². The van der Waals surface area contributed by atoms with Crippen LogP contribution < -0.4 is 19.9 Å². The van der Waals surface area contributed by atoms with Gasteiger partial charge < -0.3 is 19.9 Å². The second kappa shape index (κ2) is 6.15. The minimum atomic E-state index is -0.165. The largest absolute Gasteiger partial charge is 0.496 e. The van der Waals surface area contributed by atoms with Crippen molar-refractivity contribution in [3.05, 3.63) is 30.4 Å². The van der Waals surface area contributed by atoms with Crippen LogP contribution in [-0.4, -0.2) is 21.3 Å². The van der Waals surface area contributed by atoms with Gasteiger partial charge in [-0.1, -0.05) is 6.08 Å². The molecule has 0 bridgehead atoms. The van der Waals surface area contributed by atoms with Crippen LogP contribution in [0.3, 0.4) is 0 Å². The number of methoxy groups -OCH3 is 3. The fourth-order valence-corrected chi connectivity index (χ4v) is 1.65. The van der Waals surface area contributed by atoms with Crippen LogP contribution in [0.15, 0.2) is 24.8 Å². The lowest BCUT2D eigenvalue weighted by atomic mass is 10.0. The van der Waals surface area contributed by atoms with Gasteiger partial charge in [-0.15, -0.1) is 6.58 Å². The van der Waals surface area contributed by atoms with Crippen LogP contribution in [0.4, 0.5) is 0 Å². The van der Waals surface area contributed by atoms with E-state index in [4.69, 9.17) is 19.9 Å². The number of hydrogen-bond acceptors (Lipinski definition) is 4. The number of hydrogen-bond donors (Lipinski definition) is 1. The quantitative estimate of drug-likeness (QED) is 0.771. The normalized spacial score (nSPS) is 11.8. The highest BCUT2D eigenvalue weighted by molar-refractivity contribution is 5.51. The molecule has 1 aromatic rings. The minimum Gasteiger partial charge on any atom is -0.496 e. The first-order valence-electron chi connectivity index (χ1n) is 5.34. The highest BCUT2D eigenvalue weighted by atomic mass is 16.5. The van der Waals surface area contributed by atoms with Crippen LogP contribution in [0.1, 0.15) is 18.0 Å². The van der Waals surface area contributed by atoms with Crippen molar-refractivity contribution in [2.45, 2.75) is 12.5 Å². The van der Waals surface area contributed by atoms with Gasteiger partial charge in [0.15, 0.2) is 11.5 Å². The van der Waals surface area contributed by atoms with Crippen LogP contribution in [-0.2, 0) is 0 Å². The third-order valence-corrected chi connectivity index (χ3v) is 2.56. The molecule has 4 heteroatoms. The van der Waals surface area contributed by atoms with Crippen molar-refractivity contribution in [1.82, 2.24) is 0 Å². The van der Waals surface area contributed by atoms with Crippen molar-refractivity contribution in [1.29, 1.82) is 0 Å². The zero-order valence-electron chi connectivity index (χ0n) is 10.5. The Morgan fingerprint density at radius 2 is 1.65 bits per heavy atom. The Labute approximate surface area is 102 Å². The molecule has 1 atom stereocenters. The number of ether oxygens (including phenoxy) is 3. The Morgan fingerprint density at radius 3 is 2.12 bits per heavy atom. The van der Waals surface area contributed by atoms with Crippen LogP contribution in [0.2, 0.25) is 0 Å². The SMILES string of the molecule is C=CC[C@@H](N)c1cc(OC)c(OC)cc1OC. The van der Waals surface area contributed by atoms with E-state index in [2.05, 4.69) is 6.58 Å². The zero-order chi connectivity index (χ0) is 12.8. The van der Waals surface area contributed by atoms with Crippen molar-refractivity contribution >= 4 is 0 Å². The van der Waals surface area contributed by atoms with Gasteiger partial charge in [0.2, 0.25) is 0 Å². The zero-order valence-corrected chi connectivity index (χ0v) is 10.5. The summed E-state index contributed by atoms with van der Waals surface area (Å²) in [5.74, 6) is 1.96. The third-order valence-electron chi connectivity index (χ3n) is 2.56. The maximum atomic E-state index is 6.05. The first-order chi connectivity index (χ1) is 8.17. The molecule has 0 radical (unpaired) electrons. The van der Waals surface area contributed by atoms with Gasteiger partial charge in [0.25, 0.3) is 0 Å². The van der Waals surface area contributed by atoms with E-state index >= 15 is 0 Å². The molecule has 0 aromatic heterocycles. The topological polar surface area (TPSA) is 53.7 Å². The summed E-state index contributed by atoms with van der Waals surface area (Å²) in [5.41, 5.74) is 6.93. The molecule has 0 amide bonds. The van der Waals surface area contributed by atoms with E-state index in [-0.39, 0.29) is 6.04 Å². The summed E-state index contributed by atoms with van der Waals surface area (Å²) in [6.07, 6.45) is 2.45. The molecule has 0 saturated carbocycles. The van der Waals surface area contributed by atoms with Gasteiger partial charge in [-0.3, -0.25) is 0 Å². The number of rotatable bonds is 6. The monoisotopic (exact) mass is 237 g/mol. The summed E-state index contributed by atoms with van der Waals surface area (Å²) in [5, 5.41) is 0. The lowest BCUT2D eigenvalue weighted by molar-refractivity contribution is 0.346. The van der Waals surface area contributed by atoms with Gasteiger partial charge in [-0.2, -0.15) is 0 Å². The van der Waals surface area contributed by atoms with E-state index in [1.54, 1.807) is 33.5 Å². The predicted molar refractivity (Wildman–Crippen MR) is 67.8 cm³/mol. The van der Waals surface area contributed by atoms with Gasteiger partial charge >= 0.3 is 0 Å². The maximum Gasteiger partial charge on any atom is 0.164 e. The maximum absolute atomic E-state index is 6.05. The molecule has 0 saturated heterocycles. The summed E-state index contributed by atoms with van der Waals surface area (Å²) < 4.78 is 15.8. The first-order valence-corrected chi connectivity index (χ1v) is 5.34. The molecule has 0 spiro atoms. The molecule has 0 aliphatic rings. The molecular weight excluding hydrogens is 218 g/mol. The Morgan fingerprint density at radius 1 is 1.12 bits per heavy atom. The van der Waals surface area contributed by atoms with E-state index in [9.17, 15) is 0 Å².